The summed E-state index contributed by atoms with van der Waals surface area (Å²) in [5.74, 6) is -9.67. The fourth-order valence-corrected chi connectivity index (χ4v) is 13.7. The van der Waals surface area contributed by atoms with Crippen LogP contribution in [0.25, 0.3) is 0 Å². The molecule has 1 saturated heterocycles. The van der Waals surface area contributed by atoms with Gasteiger partial charge in [0, 0.05) is 68.1 Å². The monoisotopic (exact) mass is 1420 g/mol. The van der Waals surface area contributed by atoms with Crippen molar-refractivity contribution in [2.24, 2.45) is 40.9 Å². The Morgan fingerprint density at radius 3 is 1.42 bits per heavy atom. The molecule has 11 amide bonds. The molecule has 0 spiro atoms. The first kappa shape index (κ1) is 91.2. The van der Waals surface area contributed by atoms with E-state index >= 15 is 33.6 Å². The standard InChI is InChI=1S/C73H134N12O13S/c1-29-32-34-48(14)60(86)59-64(90)76-51(30-2)66(92)82(26)56(41-99-36-33-35-85(31-3)42-72(17,18)19)69(95)81(25)55(40-73(20,21)98)63(89)77-57(46(10)11)70(96)78(22)52(37-43(4)5)62(88)74-49(15)61(87)75-50(16)65(91)79(23)53(38-44(6)7)67(93)80(24)54(39-45(8)9)68(94)83(27)58(47(12)13)71(97)84(59)28/h29,32,43-60,86,98H,30-31,33-42H2,1-28H3,(H,74,88)(H,75,87)(H,76,90)(H,77,89)/b32-29+/t48-,49+,50-,51+,52+,53+,54+,55+,56-,57+,58+,59+,60-/m1/s1. The number of thioether (sulfide) groups is 1. The molecule has 6 N–H and O–H groups in total. The molecule has 0 aromatic carbocycles. The molecule has 1 heterocycles. The van der Waals surface area contributed by atoms with Crippen molar-refractivity contribution < 1.29 is 63.0 Å². The molecule has 0 radical (unpaired) electrons. The number of hydrogen-bond donors (Lipinski definition) is 6. The third-order valence-corrected chi connectivity index (χ3v) is 19.7. The topological polar surface area (TPSA) is 302 Å². The summed E-state index contributed by atoms with van der Waals surface area (Å²) in [7, 11) is 9.93. The molecule has 1 fully saturated rings. The highest BCUT2D eigenvalue weighted by Gasteiger charge is 2.47. The summed E-state index contributed by atoms with van der Waals surface area (Å²) >= 11 is 1.42. The number of amides is 11. The van der Waals surface area contributed by atoms with Gasteiger partial charge in [-0.2, -0.15) is 11.8 Å². The smallest absolute Gasteiger partial charge is 0.246 e. The number of nitrogens with zero attached hydrogens (tertiary/aromatic N) is 8. The third-order valence-electron chi connectivity index (χ3n) is 18.6. The Kier molecular flexibility index (Phi) is 38.0. The van der Waals surface area contributed by atoms with Crippen LogP contribution in [-0.2, 0) is 52.7 Å². The summed E-state index contributed by atoms with van der Waals surface area (Å²) in [4.78, 5) is 176. The van der Waals surface area contributed by atoms with Gasteiger partial charge in [-0.15, -0.1) is 0 Å². The number of likely N-dealkylation sites (N-methyl/N-ethyl adjacent to an activating group) is 7. The summed E-state index contributed by atoms with van der Waals surface area (Å²) in [5, 5.41) is 35.0. The zero-order valence-corrected chi connectivity index (χ0v) is 66.7. The van der Waals surface area contributed by atoms with Gasteiger partial charge in [0.15, 0.2) is 0 Å². The number of allylic oxidation sites excluding steroid dienone is 2. The fourth-order valence-electron chi connectivity index (χ4n) is 12.6. The van der Waals surface area contributed by atoms with Crippen molar-refractivity contribution in [3.63, 3.8) is 0 Å². The lowest BCUT2D eigenvalue weighted by atomic mass is 9.91. The lowest BCUT2D eigenvalue weighted by molar-refractivity contribution is -0.157. The first-order valence-electron chi connectivity index (χ1n) is 35.9. The van der Waals surface area contributed by atoms with Gasteiger partial charge in [-0.25, -0.2) is 0 Å². The number of carbonyl (C=O) groups is 11. The molecule has 1 aliphatic rings. The Bertz CT molecular complexity index is 2700. The normalized spacial score (nSPS) is 25.9. The number of rotatable bonds is 23. The van der Waals surface area contributed by atoms with E-state index in [4.69, 9.17) is 0 Å². The maximum absolute atomic E-state index is 15.5. The van der Waals surface area contributed by atoms with Gasteiger partial charge in [0.05, 0.1) is 11.7 Å². The van der Waals surface area contributed by atoms with Crippen LogP contribution in [0.3, 0.4) is 0 Å². The molecule has 0 unspecified atom stereocenters. The van der Waals surface area contributed by atoms with Crippen LogP contribution in [0.2, 0.25) is 0 Å². The van der Waals surface area contributed by atoms with Crippen molar-refractivity contribution in [3.05, 3.63) is 12.2 Å². The van der Waals surface area contributed by atoms with E-state index in [1.165, 1.54) is 113 Å². The SMILES string of the molecule is C/C=C/C[C@@H](C)[C@@H](O)[C@H]1C(=O)N[C@@H](CC)C(=O)N(C)[C@H](CSCCCN(CC)CC(C)(C)C)C(=O)N(C)[C@@H](CC(C)(C)O)C(=O)N[C@@H](C(C)C)C(=O)N(C)[C@@H](CC(C)C)C(=O)N[C@@H](C)C(=O)N[C@H](C)C(=O)N(C)[C@@H](CC(C)C)C(=O)N(C)[C@@H](CC(C)C)C(=O)N(C)[C@@H](C(C)C)C(=O)N1C. The zero-order chi connectivity index (χ0) is 76.8. The quantitative estimate of drug-likeness (QED) is 0.0563. The minimum Gasteiger partial charge on any atom is -0.390 e. The number of aliphatic hydroxyl groups is 2. The summed E-state index contributed by atoms with van der Waals surface area (Å²) in [6.07, 6.45) is 3.09. The molecule has 0 aliphatic carbocycles. The predicted molar refractivity (Wildman–Crippen MR) is 392 cm³/mol. The third kappa shape index (κ3) is 27.8. The van der Waals surface area contributed by atoms with Gasteiger partial charge in [-0.3, -0.25) is 52.7 Å². The van der Waals surface area contributed by atoms with Crippen LogP contribution in [-0.4, -0.2) is 273 Å². The molecule has 1 rings (SSSR count). The molecule has 570 valence electrons. The second-order valence-electron chi connectivity index (χ2n) is 31.6. The van der Waals surface area contributed by atoms with E-state index < -0.39 is 161 Å². The summed E-state index contributed by atoms with van der Waals surface area (Å²) < 4.78 is 0. The average molecular weight is 1420 g/mol. The molecule has 0 saturated carbocycles. The van der Waals surface area contributed by atoms with Crippen LogP contribution in [0, 0.1) is 40.9 Å². The summed E-state index contributed by atoms with van der Waals surface area (Å²) in [5.41, 5.74) is -1.55. The van der Waals surface area contributed by atoms with Gasteiger partial charge in [0.2, 0.25) is 65.0 Å². The molecular formula is C73H134N12O13S. The fraction of sp³-hybridized carbons (Fsp3) is 0.822. The van der Waals surface area contributed by atoms with Crippen LogP contribution >= 0.6 is 11.8 Å². The molecule has 0 aromatic rings. The second kappa shape index (κ2) is 41.3. The van der Waals surface area contributed by atoms with E-state index in [1.54, 1.807) is 54.5 Å². The average Bonchev–Trinajstić information content (AvgIpc) is 0.807. The second-order valence-corrected chi connectivity index (χ2v) is 32.7. The highest BCUT2D eigenvalue weighted by atomic mass is 32.2. The molecule has 1 aliphatic heterocycles. The molecule has 99 heavy (non-hydrogen) atoms. The van der Waals surface area contributed by atoms with Gasteiger partial charge in [-0.05, 0) is 133 Å². The van der Waals surface area contributed by atoms with E-state index in [2.05, 4.69) is 53.9 Å². The predicted octanol–water partition coefficient (Wildman–Crippen LogP) is 5.24. The molecule has 0 aromatic heterocycles. The van der Waals surface area contributed by atoms with Crippen LogP contribution in [0.15, 0.2) is 12.2 Å². The van der Waals surface area contributed by atoms with Crippen LogP contribution < -0.4 is 21.3 Å². The molecule has 25 nitrogen and oxygen atoms in total. The van der Waals surface area contributed by atoms with Crippen molar-refractivity contribution in [1.29, 1.82) is 0 Å². The van der Waals surface area contributed by atoms with Crippen molar-refractivity contribution in [3.8, 4) is 0 Å². The molecular weight excluding hydrogens is 1280 g/mol. The van der Waals surface area contributed by atoms with Crippen molar-refractivity contribution in [2.75, 3.05) is 80.5 Å². The Morgan fingerprint density at radius 1 is 0.515 bits per heavy atom. The van der Waals surface area contributed by atoms with E-state index in [-0.39, 0.29) is 67.4 Å². The maximum atomic E-state index is 15.5. The number of carbonyl (C=O) groups excluding carboxylic acids is 11. The minimum absolute atomic E-state index is 0.0219. The maximum Gasteiger partial charge on any atom is 0.246 e. The largest absolute Gasteiger partial charge is 0.390 e. The lowest BCUT2D eigenvalue weighted by Gasteiger charge is -2.41. The van der Waals surface area contributed by atoms with Crippen molar-refractivity contribution >= 4 is 76.7 Å². The summed E-state index contributed by atoms with van der Waals surface area (Å²) in [6, 6.07) is -14.4. The van der Waals surface area contributed by atoms with E-state index in [9.17, 15) is 29.4 Å². The van der Waals surface area contributed by atoms with Crippen molar-refractivity contribution in [2.45, 2.75) is 269 Å². The minimum atomic E-state index is -1.66. The van der Waals surface area contributed by atoms with Crippen LogP contribution in [0.5, 0.6) is 0 Å². The Labute approximate surface area is 599 Å². The Balaban J connectivity index is 4.60. The van der Waals surface area contributed by atoms with E-state index in [0.29, 0.717) is 5.75 Å². The number of hydrogen-bond acceptors (Lipinski definition) is 15. The number of aliphatic hydroxyl groups excluding tert-OH is 1. The molecule has 26 heteroatoms. The Morgan fingerprint density at radius 2 is 0.960 bits per heavy atom. The van der Waals surface area contributed by atoms with Gasteiger partial charge < -0.3 is 70.7 Å². The van der Waals surface area contributed by atoms with E-state index in [1.807, 2.05) is 47.6 Å². The molecule has 0 bridgehead atoms. The highest BCUT2D eigenvalue weighted by Crippen LogP contribution is 2.27. The first-order valence-corrected chi connectivity index (χ1v) is 37.1. The lowest BCUT2D eigenvalue weighted by Crippen LogP contribution is -2.64. The van der Waals surface area contributed by atoms with Crippen molar-refractivity contribution in [1.82, 2.24) is 60.5 Å². The zero-order valence-electron chi connectivity index (χ0n) is 65.9. The van der Waals surface area contributed by atoms with Crippen LogP contribution in [0.1, 0.15) is 190 Å². The summed E-state index contributed by atoms with van der Waals surface area (Å²) in [6.45, 7) is 40.1. The van der Waals surface area contributed by atoms with Gasteiger partial charge in [0.1, 0.15) is 66.5 Å². The highest BCUT2D eigenvalue weighted by molar-refractivity contribution is 7.99. The Hall–Kier alpha value is -5.86. The van der Waals surface area contributed by atoms with Gasteiger partial charge in [-0.1, -0.05) is 123 Å². The van der Waals surface area contributed by atoms with E-state index in [0.717, 1.165) is 35.9 Å². The number of nitrogens with one attached hydrogen (secondary N) is 4. The first-order chi connectivity index (χ1) is 45.5. The van der Waals surface area contributed by atoms with Gasteiger partial charge in [0.25, 0.3) is 0 Å². The van der Waals surface area contributed by atoms with Gasteiger partial charge >= 0.3 is 0 Å². The van der Waals surface area contributed by atoms with Crippen LogP contribution in [0.4, 0.5) is 0 Å². The molecule has 13 atom stereocenters.